The second-order valence-electron chi connectivity index (χ2n) is 18.1. The number of carbonyl (C=O) groups is 5. The predicted octanol–water partition coefficient (Wildman–Crippen LogP) is 6.00. The lowest BCUT2D eigenvalue weighted by Gasteiger charge is -2.33. The molecule has 2 N–H and O–H groups in total. The molecule has 14 nitrogen and oxygen atoms in total. The van der Waals surface area contributed by atoms with Crippen molar-refractivity contribution in [3.8, 4) is 11.6 Å². The maximum atomic E-state index is 15.0. The van der Waals surface area contributed by atoms with Crippen LogP contribution in [0, 0.1) is 29.1 Å². The molecule has 0 unspecified atom stereocenters. The normalized spacial score (nSPS) is 29.3. The Morgan fingerprint density at radius 2 is 1.83 bits per heavy atom. The lowest BCUT2D eigenvalue weighted by atomic mass is 9.79. The summed E-state index contributed by atoms with van der Waals surface area (Å²) < 4.78 is 45.3. The van der Waals surface area contributed by atoms with Gasteiger partial charge in [-0.1, -0.05) is 32.4 Å². The van der Waals surface area contributed by atoms with Gasteiger partial charge in [0.15, 0.2) is 5.78 Å². The highest BCUT2D eigenvalue weighted by Gasteiger charge is 2.62. The lowest BCUT2D eigenvalue weighted by Crippen LogP contribution is -2.48. The van der Waals surface area contributed by atoms with E-state index in [1.165, 1.54) is 18.2 Å². The first-order chi connectivity index (χ1) is 27.2. The minimum absolute atomic E-state index is 0.0194. The molecule has 3 fully saturated rings. The van der Waals surface area contributed by atoms with Crippen LogP contribution < -0.4 is 14.2 Å². The Hall–Kier alpha value is -4.53. The molecule has 7 atom stereocenters. The number of methoxy groups -OCH3 is 1. The van der Waals surface area contributed by atoms with Crippen molar-refractivity contribution in [3.05, 3.63) is 42.1 Å². The van der Waals surface area contributed by atoms with Gasteiger partial charge in [0, 0.05) is 29.8 Å². The first-order valence-corrected chi connectivity index (χ1v) is 21.8. The van der Waals surface area contributed by atoms with Crippen LogP contribution >= 0.6 is 0 Å². The van der Waals surface area contributed by atoms with Gasteiger partial charge in [-0.3, -0.25) is 23.9 Å². The van der Waals surface area contributed by atoms with Crippen LogP contribution in [-0.4, -0.2) is 89.1 Å². The molecular formula is C43H57N3O11S. The largest absolute Gasteiger partial charge is 0.497 e. The zero-order valence-electron chi connectivity index (χ0n) is 34.5. The molecule has 15 heteroatoms. The van der Waals surface area contributed by atoms with E-state index in [2.05, 4.69) is 16.6 Å². The van der Waals surface area contributed by atoms with Gasteiger partial charge < -0.3 is 24.2 Å². The zero-order chi connectivity index (χ0) is 42.4. The molecule has 1 aromatic carbocycles. The van der Waals surface area contributed by atoms with E-state index in [1.807, 2.05) is 19.1 Å². The van der Waals surface area contributed by atoms with Gasteiger partial charge in [-0.2, -0.15) is 0 Å². The van der Waals surface area contributed by atoms with E-state index in [0.29, 0.717) is 48.6 Å². The summed E-state index contributed by atoms with van der Waals surface area (Å²) >= 11 is 0. The summed E-state index contributed by atoms with van der Waals surface area (Å²) in [4.78, 5) is 75.2. The monoisotopic (exact) mass is 823 g/mol. The smallest absolute Gasteiger partial charge is 0.337 e. The molecule has 2 aromatic rings. The summed E-state index contributed by atoms with van der Waals surface area (Å²) in [5, 5.41) is 10.6. The first-order valence-electron chi connectivity index (χ1n) is 20.4. The summed E-state index contributed by atoms with van der Waals surface area (Å²) in [7, 11) is -2.53. The SMILES string of the molecule is CC[C@@H]1C[C@H](C)CC/C=C\[C@@H]2C[C@@]2(C(=O)NS(=O)(=O)C2(C)CC2)CC(=O)[C@@H]2C[C@@H](Oc3ncc(C(=O)O)c4cc(OC)ccc34)CN2C(=O)[C@H]1CC(=O)OC(C)(C)C. The molecule has 4 aliphatic rings. The number of nitrogens with zero attached hydrogens (tertiary/aromatic N) is 2. The number of allylic oxidation sites excluding steroid dienone is 2. The first kappa shape index (κ1) is 43.1. The second kappa shape index (κ2) is 16.3. The van der Waals surface area contributed by atoms with Gasteiger partial charge in [0.25, 0.3) is 0 Å². The quantitative estimate of drug-likeness (QED) is 0.210. The third kappa shape index (κ3) is 9.03. The number of hydrogen-bond acceptors (Lipinski definition) is 11. The average Bonchev–Trinajstić information content (AvgIpc) is 4.03. The summed E-state index contributed by atoms with van der Waals surface area (Å²) in [5.41, 5.74) is -2.18. The van der Waals surface area contributed by atoms with E-state index >= 15 is 4.79 Å². The Morgan fingerprint density at radius 1 is 1.10 bits per heavy atom. The van der Waals surface area contributed by atoms with Crippen LogP contribution in [-0.2, 0) is 33.9 Å². The van der Waals surface area contributed by atoms with E-state index in [4.69, 9.17) is 14.2 Å². The fraction of sp³-hybridized carbons (Fsp3) is 0.628. The minimum Gasteiger partial charge on any atom is -0.497 e. The maximum Gasteiger partial charge on any atom is 0.337 e. The number of Topliss-reactive ketones (excluding diaryl/α,β-unsaturated/α-hetero) is 1. The molecule has 58 heavy (non-hydrogen) atoms. The lowest BCUT2D eigenvalue weighted by molar-refractivity contribution is -0.160. The van der Waals surface area contributed by atoms with Crippen LogP contribution in [0.4, 0.5) is 0 Å². The number of carboxylic acid groups (broad SMARTS) is 1. The van der Waals surface area contributed by atoms with Gasteiger partial charge >= 0.3 is 11.9 Å². The Kier molecular flexibility index (Phi) is 12.1. The van der Waals surface area contributed by atoms with E-state index in [1.54, 1.807) is 45.9 Å². The van der Waals surface area contributed by atoms with E-state index in [0.717, 1.165) is 6.42 Å². The molecule has 2 amide bonds. The van der Waals surface area contributed by atoms with Crippen molar-refractivity contribution in [2.75, 3.05) is 13.7 Å². The van der Waals surface area contributed by atoms with Crippen LogP contribution in [0.2, 0.25) is 0 Å². The molecule has 3 heterocycles. The standard InChI is InChI=1S/C43H57N3O11S/c1-8-26-17-25(2)11-9-10-12-27-21-43(27,40(52)45-58(53,54)42(6)15-16-42)22-35(47)34-19-29(24-46(34)38(49)31(26)20-36(48)57-41(3,4)5)56-37-30-14-13-28(55-7)18-32(30)33(23-44-37)39(50)51/h10,12-14,18,23,25-27,29,31,34H,8-9,11,15-17,19-22,24H2,1-7H3,(H,45,52)(H,50,51)/b12-10-/t25-,26-,27-,29-,31+,34+,43-/m1/s1. The molecule has 2 aliphatic carbocycles. The Labute approximate surface area is 340 Å². The van der Waals surface area contributed by atoms with Gasteiger partial charge in [-0.05, 0) is 102 Å². The number of ketones is 1. The maximum absolute atomic E-state index is 15.0. The van der Waals surface area contributed by atoms with Crippen molar-refractivity contribution in [3.63, 3.8) is 0 Å². The molecule has 2 saturated carbocycles. The van der Waals surface area contributed by atoms with Crippen molar-refractivity contribution < 1.29 is 51.7 Å². The summed E-state index contributed by atoms with van der Waals surface area (Å²) in [6.07, 6.45) is 7.70. The van der Waals surface area contributed by atoms with Crippen LogP contribution in [0.15, 0.2) is 36.5 Å². The fourth-order valence-electron chi connectivity index (χ4n) is 8.65. The topological polar surface area (TPSA) is 196 Å². The molecule has 1 saturated heterocycles. The number of esters is 1. The number of rotatable bonds is 10. The van der Waals surface area contributed by atoms with Crippen molar-refractivity contribution >= 4 is 50.3 Å². The highest BCUT2D eigenvalue weighted by Crippen LogP contribution is 2.58. The number of pyridine rings is 1. The van der Waals surface area contributed by atoms with Crippen molar-refractivity contribution in [1.82, 2.24) is 14.6 Å². The van der Waals surface area contributed by atoms with Gasteiger partial charge in [0.1, 0.15) is 17.5 Å². The second-order valence-corrected chi connectivity index (χ2v) is 20.3. The zero-order valence-corrected chi connectivity index (χ0v) is 35.4. The Bertz CT molecular complexity index is 2110. The highest BCUT2D eigenvalue weighted by molar-refractivity contribution is 7.91. The number of sulfonamides is 1. The number of carboxylic acids is 1. The molecule has 2 aliphatic heterocycles. The predicted molar refractivity (Wildman–Crippen MR) is 215 cm³/mol. The summed E-state index contributed by atoms with van der Waals surface area (Å²) in [6, 6.07) is 3.78. The minimum atomic E-state index is -3.99. The van der Waals surface area contributed by atoms with E-state index < -0.39 is 73.4 Å². The average molecular weight is 824 g/mol. The number of hydrogen-bond donors (Lipinski definition) is 2. The van der Waals surface area contributed by atoms with Crippen LogP contribution in [0.5, 0.6) is 11.6 Å². The van der Waals surface area contributed by atoms with Gasteiger partial charge in [-0.25, -0.2) is 18.2 Å². The molecule has 1 aromatic heterocycles. The van der Waals surface area contributed by atoms with E-state index in [-0.39, 0.29) is 61.4 Å². The number of aromatic nitrogens is 1. The van der Waals surface area contributed by atoms with Crippen LogP contribution in [0.3, 0.4) is 0 Å². The molecular weight excluding hydrogens is 767 g/mol. The van der Waals surface area contributed by atoms with Crippen LogP contribution in [0.25, 0.3) is 10.8 Å². The Morgan fingerprint density at radius 3 is 2.47 bits per heavy atom. The van der Waals surface area contributed by atoms with Crippen LogP contribution in [0.1, 0.15) is 116 Å². The number of aromatic carboxylic acids is 1. The third-order valence-corrected chi connectivity index (χ3v) is 14.7. The van der Waals surface area contributed by atoms with Gasteiger partial charge in [0.05, 0.1) is 47.8 Å². The van der Waals surface area contributed by atoms with Crippen molar-refractivity contribution in [1.29, 1.82) is 0 Å². The summed E-state index contributed by atoms with van der Waals surface area (Å²) in [5.74, 6) is -3.98. The molecule has 0 bridgehead atoms. The number of ether oxygens (including phenoxy) is 3. The highest BCUT2D eigenvalue weighted by atomic mass is 32.2. The number of carbonyl (C=O) groups excluding carboxylic acids is 4. The van der Waals surface area contributed by atoms with Gasteiger partial charge in [-0.15, -0.1) is 0 Å². The third-order valence-electron chi connectivity index (χ3n) is 12.5. The molecule has 0 radical (unpaired) electrons. The van der Waals surface area contributed by atoms with Gasteiger partial charge in [0.2, 0.25) is 27.7 Å². The summed E-state index contributed by atoms with van der Waals surface area (Å²) in [6.45, 7) is 10.9. The molecule has 0 spiro atoms. The Balaban J connectivity index is 1.38. The fourth-order valence-corrected chi connectivity index (χ4v) is 9.98. The van der Waals surface area contributed by atoms with E-state index in [9.17, 15) is 32.7 Å². The molecule has 6 rings (SSSR count). The number of fused-ring (bicyclic) bond motifs is 3. The van der Waals surface area contributed by atoms with Crippen molar-refractivity contribution in [2.24, 2.45) is 29.1 Å². The molecule has 316 valence electrons. The number of nitrogens with one attached hydrogen (secondary N) is 1. The van der Waals surface area contributed by atoms with Crippen molar-refractivity contribution in [2.45, 2.75) is 128 Å². The number of amides is 2. The number of benzene rings is 1.